The van der Waals surface area contributed by atoms with Gasteiger partial charge in [-0.15, -0.1) is 0 Å². The minimum Gasteiger partial charge on any atom is -0.394 e. The number of aliphatic hydroxyl groups is 2. The van der Waals surface area contributed by atoms with Gasteiger partial charge in [-0.25, -0.2) is 0 Å². The highest BCUT2D eigenvalue weighted by Gasteiger charge is 2.35. The van der Waals surface area contributed by atoms with Crippen LogP contribution in [0, 0.1) is 6.92 Å². The molecule has 6 heteroatoms. The molecule has 96 valence electrons. The van der Waals surface area contributed by atoms with Crippen molar-refractivity contribution in [3.05, 3.63) is 23.8 Å². The average molecular weight is 249 g/mol. The van der Waals surface area contributed by atoms with Gasteiger partial charge in [0.05, 0.1) is 12.7 Å². The molecule has 0 unspecified atom stereocenters. The molecule has 0 radical (unpaired) electrons. The van der Waals surface area contributed by atoms with Crippen LogP contribution >= 0.6 is 0 Å². The third-order valence-corrected chi connectivity index (χ3v) is 3.27. The fraction of sp³-hybridized carbons (Fsp3) is 0.500. The van der Waals surface area contributed by atoms with Gasteiger partial charge < -0.3 is 14.9 Å². The molecule has 1 saturated heterocycles. The van der Waals surface area contributed by atoms with Crippen LogP contribution in [0.4, 0.5) is 0 Å². The van der Waals surface area contributed by atoms with Crippen LogP contribution in [0.15, 0.2) is 18.2 Å². The molecule has 1 aliphatic rings. The molecule has 2 heterocycles. The Labute approximate surface area is 104 Å². The van der Waals surface area contributed by atoms with Gasteiger partial charge in [0.2, 0.25) is 0 Å². The van der Waals surface area contributed by atoms with Gasteiger partial charge in [0.25, 0.3) is 0 Å². The third kappa shape index (κ3) is 1.78. The van der Waals surface area contributed by atoms with Crippen molar-refractivity contribution in [3.63, 3.8) is 0 Å². The van der Waals surface area contributed by atoms with Crippen LogP contribution in [-0.2, 0) is 4.74 Å². The molecular formula is C12H15N3O3. The molecule has 1 fully saturated rings. The Hall–Kier alpha value is -1.50. The molecule has 1 aromatic heterocycles. The van der Waals surface area contributed by atoms with Gasteiger partial charge in [-0.05, 0) is 18.6 Å². The van der Waals surface area contributed by atoms with E-state index in [-0.39, 0.29) is 6.61 Å². The first-order chi connectivity index (χ1) is 8.69. The van der Waals surface area contributed by atoms with Crippen molar-refractivity contribution < 1.29 is 14.9 Å². The SMILES string of the molecule is Cc1cccc2nn([C@H]3C[C@H](O)[C@@H](CO)O3)nc12. The Morgan fingerprint density at radius 2 is 2.28 bits per heavy atom. The molecule has 0 bridgehead atoms. The molecule has 0 amide bonds. The zero-order chi connectivity index (χ0) is 12.7. The number of aryl methyl sites for hydroxylation is 1. The topological polar surface area (TPSA) is 80.4 Å². The Kier molecular flexibility index (Phi) is 2.77. The van der Waals surface area contributed by atoms with Gasteiger partial charge in [0, 0.05) is 6.42 Å². The van der Waals surface area contributed by atoms with E-state index >= 15 is 0 Å². The fourth-order valence-electron chi connectivity index (χ4n) is 2.24. The van der Waals surface area contributed by atoms with Crippen molar-refractivity contribution in [1.29, 1.82) is 0 Å². The van der Waals surface area contributed by atoms with E-state index in [9.17, 15) is 5.11 Å². The first-order valence-corrected chi connectivity index (χ1v) is 5.95. The summed E-state index contributed by atoms with van der Waals surface area (Å²) in [5.41, 5.74) is 2.69. The zero-order valence-corrected chi connectivity index (χ0v) is 10.0. The van der Waals surface area contributed by atoms with E-state index in [0.717, 1.165) is 16.6 Å². The van der Waals surface area contributed by atoms with Gasteiger partial charge in [0.15, 0.2) is 6.23 Å². The minimum absolute atomic E-state index is 0.197. The maximum Gasteiger partial charge on any atom is 0.172 e. The van der Waals surface area contributed by atoms with E-state index < -0.39 is 18.4 Å². The monoisotopic (exact) mass is 249 g/mol. The van der Waals surface area contributed by atoms with Crippen LogP contribution in [0.2, 0.25) is 0 Å². The smallest absolute Gasteiger partial charge is 0.172 e. The molecule has 2 N–H and O–H groups in total. The van der Waals surface area contributed by atoms with E-state index in [4.69, 9.17) is 9.84 Å². The second kappa shape index (κ2) is 4.31. The number of ether oxygens (including phenoxy) is 1. The van der Waals surface area contributed by atoms with Gasteiger partial charge in [0.1, 0.15) is 17.1 Å². The van der Waals surface area contributed by atoms with Crippen molar-refractivity contribution in [1.82, 2.24) is 15.0 Å². The van der Waals surface area contributed by atoms with Crippen molar-refractivity contribution in [2.45, 2.75) is 31.8 Å². The number of hydrogen-bond donors (Lipinski definition) is 2. The lowest BCUT2D eigenvalue weighted by Gasteiger charge is -2.10. The Bertz CT molecular complexity index is 569. The Morgan fingerprint density at radius 3 is 2.94 bits per heavy atom. The lowest BCUT2D eigenvalue weighted by Crippen LogP contribution is -2.24. The number of nitrogens with zero attached hydrogens (tertiary/aromatic N) is 3. The average Bonchev–Trinajstić information content (AvgIpc) is 2.93. The van der Waals surface area contributed by atoms with Crippen LogP contribution in [0.3, 0.4) is 0 Å². The van der Waals surface area contributed by atoms with Crippen molar-refractivity contribution in [2.24, 2.45) is 0 Å². The Morgan fingerprint density at radius 1 is 1.44 bits per heavy atom. The molecule has 2 aromatic rings. The van der Waals surface area contributed by atoms with Crippen LogP contribution in [-0.4, -0.2) is 44.0 Å². The lowest BCUT2D eigenvalue weighted by molar-refractivity contribution is -0.0529. The van der Waals surface area contributed by atoms with Gasteiger partial charge in [-0.2, -0.15) is 15.0 Å². The number of aliphatic hydroxyl groups excluding tert-OH is 2. The van der Waals surface area contributed by atoms with Crippen LogP contribution < -0.4 is 0 Å². The summed E-state index contributed by atoms with van der Waals surface area (Å²) in [7, 11) is 0. The van der Waals surface area contributed by atoms with Gasteiger partial charge >= 0.3 is 0 Å². The molecule has 3 atom stereocenters. The largest absolute Gasteiger partial charge is 0.394 e. The fourth-order valence-corrected chi connectivity index (χ4v) is 2.24. The summed E-state index contributed by atoms with van der Waals surface area (Å²) < 4.78 is 5.52. The van der Waals surface area contributed by atoms with Crippen molar-refractivity contribution in [3.8, 4) is 0 Å². The highest BCUT2D eigenvalue weighted by molar-refractivity contribution is 5.76. The summed E-state index contributed by atoms with van der Waals surface area (Å²) in [5, 5.41) is 27.5. The minimum atomic E-state index is -0.671. The molecule has 0 aliphatic carbocycles. The second-order valence-corrected chi connectivity index (χ2v) is 4.58. The summed E-state index contributed by atoms with van der Waals surface area (Å²) in [5.74, 6) is 0. The quantitative estimate of drug-likeness (QED) is 0.804. The van der Waals surface area contributed by atoms with Crippen LogP contribution in [0.1, 0.15) is 18.2 Å². The number of rotatable bonds is 2. The second-order valence-electron chi connectivity index (χ2n) is 4.58. The normalized spacial score (nSPS) is 28.1. The first kappa shape index (κ1) is 11.6. The molecule has 1 aliphatic heterocycles. The van der Waals surface area contributed by atoms with Crippen molar-refractivity contribution in [2.75, 3.05) is 6.61 Å². The summed E-state index contributed by atoms with van der Waals surface area (Å²) in [6, 6.07) is 5.79. The maximum absolute atomic E-state index is 9.70. The predicted molar refractivity (Wildman–Crippen MR) is 63.9 cm³/mol. The summed E-state index contributed by atoms with van der Waals surface area (Å²) >= 11 is 0. The van der Waals surface area contributed by atoms with Gasteiger partial charge in [-0.3, -0.25) is 0 Å². The molecule has 6 nitrogen and oxygen atoms in total. The summed E-state index contributed by atoms with van der Waals surface area (Å²) in [4.78, 5) is 1.48. The van der Waals surface area contributed by atoms with E-state index in [1.807, 2.05) is 25.1 Å². The highest BCUT2D eigenvalue weighted by Crippen LogP contribution is 2.28. The molecule has 18 heavy (non-hydrogen) atoms. The predicted octanol–water partition coefficient (Wildman–Crippen LogP) is 0.380. The maximum atomic E-state index is 9.70. The first-order valence-electron chi connectivity index (χ1n) is 5.95. The molecular weight excluding hydrogens is 234 g/mol. The number of aromatic nitrogens is 3. The van der Waals surface area contributed by atoms with E-state index in [2.05, 4.69) is 10.2 Å². The van der Waals surface area contributed by atoms with Crippen LogP contribution in [0.25, 0.3) is 11.0 Å². The Balaban J connectivity index is 1.94. The zero-order valence-electron chi connectivity index (χ0n) is 10.0. The number of fused-ring (bicyclic) bond motifs is 1. The van der Waals surface area contributed by atoms with E-state index in [0.29, 0.717) is 6.42 Å². The molecule has 0 saturated carbocycles. The van der Waals surface area contributed by atoms with Gasteiger partial charge in [-0.1, -0.05) is 12.1 Å². The molecule has 3 rings (SSSR count). The van der Waals surface area contributed by atoms with E-state index in [1.165, 1.54) is 4.80 Å². The number of benzene rings is 1. The standard InChI is InChI=1S/C12H15N3O3/c1-7-3-2-4-8-12(7)14-15(13-8)11-5-9(17)10(6-16)18-11/h2-4,9-11,16-17H,5-6H2,1H3/t9-,10+,11+/m0/s1. The highest BCUT2D eigenvalue weighted by atomic mass is 16.5. The van der Waals surface area contributed by atoms with Crippen molar-refractivity contribution >= 4 is 11.0 Å². The van der Waals surface area contributed by atoms with E-state index in [1.54, 1.807) is 0 Å². The summed E-state index contributed by atoms with van der Waals surface area (Å²) in [6.07, 6.45) is -1.24. The molecule has 0 spiro atoms. The lowest BCUT2D eigenvalue weighted by atomic mass is 10.2. The third-order valence-electron chi connectivity index (χ3n) is 3.27. The summed E-state index contributed by atoms with van der Waals surface area (Å²) in [6.45, 7) is 1.78. The molecule has 1 aromatic carbocycles. The number of hydrogen-bond acceptors (Lipinski definition) is 5. The van der Waals surface area contributed by atoms with Crippen LogP contribution in [0.5, 0.6) is 0 Å².